The molecule has 0 atom stereocenters. The molecule has 0 radical (unpaired) electrons. The van der Waals surface area contributed by atoms with E-state index in [9.17, 15) is 22.8 Å². The molecule has 0 bridgehead atoms. The van der Waals surface area contributed by atoms with E-state index in [4.69, 9.17) is 16.3 Å². The van der Waals surface area contributed by atoms with Gasteiger partial charge in [0.15, 0.2) is 6.61 Å². The van der Waals surface area contributed by atoms with E-state index < -0.39 is 34.4 Å². The number of rotatable bonds is 7. The van der Waals surface area contributed by atoms with Crippen molar-refractivity contribution in [3.8, 4) is 0 Å². The number of halogens is 1. The van der Waals surface area contributed by atoms with Crippen LogP contribution in [0.15, 0.2) is 47.4 Å². The summed E-state index contributed by atoms with van der Waals surface area (Å²) in [5.74, 6) is -2.32. The van der Waals surface area contributed by atoms with Gasteiger partial charge >= 0.3 is 5.97 Å². The fraction of sp³-hybridized carbons (Fsp3) is 0.211. The molecule has 0 aliphatic rings. The van der Waals surface area contributed by atoms with E-state index in [1.165, 1.54) is 30.3 Å². The lowest BCUT2D eigenvalue weighted by Gasteiger charge is -2.11. The summed E-state index contributed by atoms with van der Waals surface area (Å²) in [5.41, 5.74) is 4.89. The highest BCUT2D eigenvalue weighted by Gasteiger charge is 2.19. The molecule has 9 nitrogen and oxygen atoms in total. The summed E-state index contributed by atoms with van der Waals surface area (Å²) >= 11 is 5.89. The maximum absolute atomic E-state index is 12.3. The number of hydrogen-bond donors (Lipinski definition) is 3. The number of sulfonamides is 1. The summed E-state index contributed by atoms with van der Waals surface area (Å²) in [4.78, 5) is 36.0. The zero-order valence-electron chi connectivity index (χ0n) is 16.2. The summed E-state index contributed by atoms with van der Waals surface area (Å²) in [6, 6.07) is 10.3. The second-order valence-electron chi connectivity index (χ2n) is 6.04. The number of carbonyl (C=O) groups is 3. The highest BCUT2D eigenvalue weighted by molar-refractivity contribution is 7.89. The largest absolute Gasteiger partial charge is 0.452 e. The number of esters is 1. The van der Waals surface area contributed by atoms with Crippen LogP contribution in [0.4, 0.5) is 0 Å². The molecule has 0 saturated carbocycles. The van der Waals surface area contributed by atoms with Crippen LogP contribution < -0.4 is 15.6 Å². The van der Waals surface area contributed by atoms with Gasteiger partial charge in [0, 0.05) is 6.54 Å². The average molecular weight is 454 g/mol. The van der Waals surface area contributed by atoms with Gasteiger partial charge in [-0.05, 0) is 36.8 Å². The standard InChI is InChI=1S/C19H20ClN3O6S/c1-3-21-30(27,28)13-9-8-12(2)15(10-13)19(26)29-11-17(24)22-23-18(25)14-6-4-5-7-16(14)20/h4-10,21H,3,11H2,1-2H3,(H,22,24)(H,23,25). The predicted molar refractivity (Wildman–Crippen MR) is 109 cm³/mol. The zero-order chi connectivity index (χ0) is 22.3. The lowest BCUT2D eigenvalue weighted by molar-refractivity contribution is -0.125. The van der Waals surface area contributed by atoms with Gasteiger partial charge in [-0.25, -0.2) is 17.9 Å². The third-order valence-electron chi connectivity index (χ3n) is 3.84. The van der Waals surface area contributed by atoms with E-state index in [1.54, 1.807) is 26.0 Å². The van der Waals surface area contributed by atoms with Crippen LogP contribution >= 0.6 is 11.6 Å². The lowest BCUT2D eigenvalue weighted by atomic mass is 10.1. The molecule has 2 amide bonds. The summed E-state index contributed by atoms with van der Waals surface area (Å²) in [5, 5.41) is 0.207. The normalized spacial score (nSPS) is 10.9. The van der Waals surface area contributed by atoms with Gasteiger partial charge in [0.25, 0.3) is 11.8 Å². The molecule has 0 heterocycles. The number of benzene rings is 2. The molecule has 0 spiro atoms. The smallest absolute Gasteiger partial charge is 0.338 e. The van der Waals surface area contributed by atoms with Gasteiger partial charge < -0.3 is 4.74 Å². The van der Waals surface area contributed by atoms with Gasteiger partial charge in [-0.3, -0.25) is 20.4 Å². The zero-order valence-corrected chi connectivity index (χ0v) is 17.8. The molecular formula is C19H20ClN3O6S. The predicted octanol–water partition coefficient (Wildman–Crippen LogP) is 1.56. The third-order valence-corrected chi connectivity index (χ3v) is 5.71. The van der Waals surface area contributed by atoms with E-state index in [1.807, 2.05) is 0 Å². The van der Waals surface area contributed by atoms with Crippen molar-refractivity contribution in [2.75, 3.05) is 13.2 Å². The summed E-state index contributed by atoms with van der Waals surface area (Å²) < 4.78 is 31.4. The molecule has 2 rings (SSSR count). The highest BCUT2D eigenvalue weighted by Crippen LogP contribution is 2.17. The van der Waals surface area contributed by atoms with Gasteiger partial charge in [-0.2, -0.15) is 0 Å². The Morgan fingerprint density at radius 2 is 1.73 bits per heavy atom. The molecule has 0 aromatic heterocycles. The van der Waals surface area contributed by atoms with Gasteiger partial charge in [0.1, 0.15) is 0 Å². The number of hydrogen-bond acceptors (Lipinski definition) is 6. The lowest BCUT2D eigenvalue weighted by Crippen LogP contribution is -2.43. The fourth-order valence-electron chi connectivity index (χ4n) is 2.35. The first-order valence-corrected chi connectivity index (χ1v) is 10.6. The third kappa shape index (κ3) is 6.02. The van der Waals surface area contributed by atoms with E-state index in [0.717, 1.165) is 0 Å². The summed E-state index contributed by atoms with van der Waals surface area (Å²) in [7, 11) is -3.76. The molecule has 0 unspecified atom stereocenters. The van der Waals surface area contributed by atoms with Crippen molar-refractivity contribution in [1.82, 2.24) is 15.6 Å². The monoisotopic (exact) mass is 453 g/mol. The quantitative estimate of drug-likeness (QED) is 0.431. The molecule has 2 aromatic carbocycles. The molecule has 30 heavy (non-hydrogen) atoms. The Morgan fingerprint density at radius 1 is 1.03 bits per heavy atom. The maximum Gasteiger partial charge on any atom is 0.338 e. The van der Waals surface area contributed by atoms with Gasteiger partial charge in [0.2, 0.25) is 10.0 Å². The van der Waals surface area contributed by atoms with Crippen molar-refractivity contribution in [3.63, 3.8) is 0 Å². The van der Waals surface area contributed by atoms with Crippen LogP contribution in [-0.4, -0.2) is 39.4 Å². The molecule has 0 fully saturated rings. The van der Waals surface area contributed by atoms with Crippen molar-refractivity contribution >= 4 is 39.4 Å². The molecule has 0 saturated heterocycles. The molecule has 0 aliphatic heterocycles. The fourth-order valence-corrected chi connectivity index (χ4v) is 3.63. The van der Waals surface area contributed by atoms with Crippen LogP contribution in [-0.2, 0) is 19.6 Å². The van der Waals surface area contributed by atoms with Crippen molar-refractivity contribution in [2.45, 2.75) is 18.7 Å². The van der Waals surface area contributed by atoms with Gasteiger partial charge in [0.05, 0.1) is 21.0 Å². The number of ether oxygens (including phenoxy) is 1. The molecule has 160 valence electrons. The first-order chi connectivity index (χ1) is 14.2. The molecular weight excluding hydrogens is 434 g/mol. The maximum atomic E-state index is 12.3. The number of aryl methyl sites for hydroxylation is 1. The molecule has 3 N–H and O–H groups in total. The van der Waals surface area contributed by atoms with Crippen LogP contribution in [0, 0.1) is 6.92 Å². The van der Waals surface area contributed by atoms with Crippen LogP contribution in [0.1, 0.15) is 33.2 Å². The first-order valence-electron chi connectivity index (χ1n) is 8.77. The SMILES string of the molecule is CCNS(=O)(=O)c1ccc(C)c(C(=O)OCC(=O)NNC(=O)c2ccccc2Cl)c1. The van der Waals surface area contributed by atoms with Crippen LogP contribution in [0.3, 0.4) is 0 Å². The number of nitrogens with one attached hydrogen (secondary N) is 3. The van der Waals surface area contributed by atoms with Crippen molar-refractivity contribution in [3.05, 3.63) is 64.2 Å². The van der Waals surface area contributed by atoms with E-state index in [2.05, 4.69) is 15.6 Å². The van der Waals surface area contributed by atoms with Gasteiger partial charge in [-0.15, -0.1) is 0 Å². The highest BCUT2D eigenvalue weighted by atomic mass is 35.5. The summed E-state index contributed by atoms with van der Waals surface area (Å²) in [6.45, 7) is 2.73. The van der Waals surface area contributed by atoms with E-state index in [-0.39, 0.29) is 27.6 Å². The number of hydrazine groups is 1. The van der Waals surface area contributed by atoms with Crippen molar-refractivity contribution in [1.29, 1.82) is 0 Å². The Labute approximate surface area is 178 Å². The van der Waals surface area contributed by atoms with Crippen LogP contribution in [0.5, 0.6) is 0 Å². The second kappa shape index (κ2) is 10.2. The minimum absolute atomic E-state index is 0.00174. The Bertz CT molecular complexity index is 1070. The Hall–Kier alpha value is -2.95. The van der Waals surface area contributed by atoms with Crippen molar-refractivity contribution < 1.29 is 27.5 Å². The number of carbonyl (C=O) groups excluding carboxylic acids is 3. The van der Waals surface area contributed by atoms with E-state index in [0.29, 0.717) is 5.56 Å². The number of amides is 2. The van der Waals surface area contributed by atoms with E-state index >= 15 is 0 Å². The average Bonchev–Trinajstić information content (AvgIpc) is 2.70. The minimum atomic E-state index is -3.76. The minimum Gasteiger partial charge on any atom is -0.452 e. The van der Waals surface area contributed by atoms with Gasteiger partial charge in [-0.1, -0.05) is 36.7 Å². The topological polar surface area (TPSA) is 131 Å². The second-order valence-corrected chi connectivity index (χ2v) is 8.21. The molecule has 11 heteroatoms. The summed E-state index contributed by atoms with van der Waals surface area (Å²) in [6.07, 6.45) is 0. The Balaban J connectivity index is 1.96. The first kappa shape index (κ1) is 23.3. The van der Waals surface area contributed by atoms with Crippen molar-refractivity contribution in [2.24, 2.45) is 0 Å². The molecule has 0 aliphatic carbocycles. The van der Waals surface area contributed by atoms with Crippen LogP contribution in [0.25, 0.3) is 0 Å². The Kier molecular flexibility index (Phi) is 7.93. The van der Waals surface area contributed by atoms with Crippen LogP contribution in [0.2, 0.25) is 5.02 Å². The molecule has 2 aromatic rings. The Morgan fingerprint density at radius 3 is 2.40 bits per heavy atom.